The summed E-state index contributed by atoms with van der Waals surface area (Å²) in [5.74, 6) is 6.35. The van der Waals surface area contributed by atoms with Gasteiger partial charge in [0, 0.05) is 24.8 Å². The summed E-state index contributed by atoms with van der Waals surface area (Å²) < 4.78 is 1.87. The molecule has 0 aliphatic carbocycles. The second-order valence-corrected chi connectivity index (χ2v) is 4.75. The molecule has 2 rings (SSSR count). The van der Waals surface area contributed by atoms with Crippen LogP contribution in [0, 0.1) is 11.8 Å². The molecular weight excluding hydrogens is 260 g/mol. The number of rotatable bonds is 3. The quantitative estimate of drug-likeness (QED) is 0.810. The van der Waals surface area contributed by atoms with E-state index in [-0.39, 0.29) is 5.91 Å². The summed E-state index contributed by atoms with van der Waals surface area (Å²) in [6.45, 7) is 0.723. The van der Waals surface area contributed by atoms with E-state index in [1.807, 2.05) is 17.8 Å². The molecule has 0 saturated carbocycles. The van der Waals surface area contributed by atoms with Gasteiger partial charge in [0.25, 0.3) is 5.91 Å². The van der Waals surface area contributed by atoms with Crippen LogP contribution in [0.3, 0.4) is 0 Å². The van der Waals surface area contributed by atoms with E-state index in [0.29, 0.717) is 18.7 Å². The average Bonchev–Trinajstić information content (AvgIpc) is 3.03. The molecule has 1 amide bonds. The highest BCUT2D eigenvalue weighted by Gasteiger charge is 2.08. The first kappa shape index (κ1) is 13.3. The van der Waals surface area contributed by atoms with Crippen LogP contribution < -0.4 is 11.1 Å². The van der Waals surface area contributed by atoms with Gasteiger partial charge in [-0.2, -0.15) is 0 Å². The Morgan fingerprint density at radius 2 is 2.47 bits per heavy atom. The molecule has 0 spiro atoms. The van der Waals surface area contributed by atoms with Gasteiger partial charge in [0.1, 0.15) is 5.82 Å². The van der Waals surface area contributed by atoms with Crippen LogP contribution >= 0.6 is 11.3 Å². The van der Waals surface area contributed by atoms with Gasteiger partial charge in [0.2, 0.25) is 0 Å². The fourth-order valence-corrected chi connectivity index (χ4v) is 2.24. The first-order chi connectivity index (χ1) is 9.20. The van der Waals surface area contributed by atoms with Crippen LogP contribution in [0.1, 0.15) is 21.1 Å². The van der Waals surface area contributed by atoms with Crippen molar-refractivity contribution in [2.24, 2.45) is 12.8 Å². The number of aryl methyl sites for hydroxylation is 1. The molecule has 0 aliphatic rings. The van der Waals surface area contributed by atoms with Crippen LogP contribution in [-0.4, -0.2) is 22.0 Å². The predicted molar refractivity (Wildman–Crippen MR) is 74.6 cm³/mol. The van der Waals surface area contributed by atoms with Gasteiger partial charge in [-0.3, -0.25) is 4.79 Å². The van der Waals surface area contributed by atoms with Crippen molar-refractivity contribution in [3.63, 3.8) is 0 Å². The smallest absolute Gasteiger partial charge is 0.252 e. The number of hydrogen-bond acceptors (Lipinski definition) is 4. The summed E-state index contributed by atoms with van der Waals surface area (Å²) >= 11 is 1.43. The van der Waals surface area contributed by atoms with Crippen molar-refractivity contribution in [3.8, 4) is 11.8 Å². The second kappa shape index (κ2) is 6.18. The van der Waals surface area contributed by atoms with Gasteiger partial charge in [-0.1, -0.05) is 11.8 Å². The number of carbonyl (C=O) groups is 1. The van der Waals surface area contributed by atoms with Gasteiger partial charge in [-0.25, -0.2) is 4.98 Å². The Morgan fingerprint density at radius 1 is 1.63 bits per heavy atom. The minimum atomic E-state index is -0.125. The number of nitrogens with zero attached hydrogens (tertiary/aromatic N) is 2. The number of aromatic nitrogens is 2. The number of nitrogens with two attached hydrogens (primary N) is 1. The van der Waals surface area contributed by atoms with Crippen molar-refractivity contribution >= 4 is 17.2 Å². The molecule has 0 radical (unpaired) electrons. The molecule has 0 unspecified atom stereocenters. The fraction of sp³-hybridized carbons (Fsp3) is 0.231. The number of imidazole rings is 1. The van der Waals surface area contributed by atoms with Crippen LogP contribution in [0.25, 0.3) is 0 Å². The van der Waals surface area contributed by atoms with Crippen LogP contribution in [0.2, 0.25) is 0 Å². The summed E-state index contributed by atoms with van der Waals surface area (Å²) in [4.78, 5) is 16.9. The highest BCUT2D eigenvalue weighted by molar-refractivity contribution is 7.10. The molecule has 98 valence electrons. The Kier molecular flexibility index (Phi) is 4.34. The van der Waals surface area contributed by atoms with Crippen molar-refractivity contribution in [2.45, 2.75) is 6.54 Å². The lowest BCUT2D eigenvalue weighted by Crippen LogP contribution is -2.23. The molecule has 2 aromatic heterocycles. The van der Waals surface area contributed by atoms with Crippen LogP contribution in [0.4, 0.5) is 0 Å². The first-order valence-electron chi connectivity index (χ1n) is 5.72. The molecule has 0 atom stereocenters. The Morgan fingerprint density at radius 3 is 3.16 bits per heavy atom. The normalized spacial score (nSPS) is 9.79. The lowest BCUT2D eigenvalue weighted by molar-refractivity contribution is 0.0950. The summed E-state index contributed by atoms with van der Waals surface area (Å²) in [5, 5.41) is 4.61. The largest absolute Gasteiger partial charge is 0.345 e. The SMILES string of the molecule is Cn1ccnc1CNC(=O)c1csc(C#CCN)c1. The maximum Gasteiger partial charge on any atom is 0.252 e. The first-order valence-corrected chi connectivity index (χ1v) is 6.60. The third-order valence-electron chi connectivity index (χ3n) is 2.50. The summed E-state index contributed by atoms with van der Waals surface area (Å²) in [6.07, 6.45) is 3.54. The molecular formula is C13H14N4OS. The lowest BCUT2D eigenvalue weighted by atomic mass is 10.3. The number of nitrogens with one attached hydrogen (secondary N) is 1. The third-order valence-corrected chi connectivity index (χ3v) is 3.35. The van der Waals surface area contributed by atoms with Crippen molar-refractivity contribution in [3.05, 3.63) is 40.1 Å². The van der Waals surface area contributed by atoms with Crippen LogP contribution in [0.15, 0.2) is 23.8 Å². The molecule has 0 bridgehead atoms. The number of thiophene rings is 1. The van der Waals surface area contributed by atoms with Gasteiger partial charge in [0.05, 0.1) is 23.5 Å². The molecule has 6 heteroatoms. The van der Waals surface area contributed by atoms with E-state index >= 15 is 0 Å². The Balaban J connectivity index is 1.96. The predicted octanol–water partition coefficient (Wildman–Crippen LogP) is 0.722. The lowest BCUT2D eigenvalue weighted by Gasteiger charge is -2.03. The molecule has 2 heterocycles. The van der Waals surface area contributed by atoms with Crippen molar-refractivity contribution in [1.29, 1.82) is 0 Å². The monoisotopic (exact) mass is 274 g/mol. The highest BCUT2D eigenvalue weighted by atomic mass is 32.1. The second-order valence-electron chi connectivity index (χ2n) is 3.84. The van der Waals surface area contributed by atoms with Gasteiger partial charge in [0.15, 0.2) is 0 Å². The minimum absolute atomic E-state index is 0.125. The molecule has 0 aliphatic heterocycles. The number of amides is 1. The van der Waals surface area contributed by atoms with E-state index in [2.05, 4.69) is 22.1 Å². The molecule has 0 saturated heterocycles. The van der Waals surface area contributed by atoms with Crippen molar-refractivity contribution in [2.75, 3.05) is 6.54 Å². The molecule has 19 heavy (non-hydrogen) atoms. The van der Waals surface area contributed by atoms with Crippen LogP contribution in [-0.2, 0) is 13.6 Å². The summed E-state index contributed by atoms with van der Waals surface area (Å²) in [6, 6.07) is 1.76. The standard InChI is InChI=1S/C13H14N4OS/c1-17-6-5-15-12(17)8-16-13(18)10-7-11(19-9-10)3-2-4-14/h5-7,9H,4,8,14H2,1H3,(H,16,18). The third kappa shape index (κ3) is 3.44. The van der Waals surface area contributed by atoms with Crippen LogP contribution in [0.5, 0.6) is 0 Å². The zero-order valence-corrected chi connectivity index (χ0v) is 11.3. The van der Waals surface area contributed by atoms with Crippen molar-refractivity contribution in [1.82, 2.24) is 14.9 Å². The Hall–Kier alpha value is -2.10. The molecule has 0 aromatic carbocycles. The fourth-order valence-electron chi connectivity index (χ4n) is 1.49. The van der Waals surface area contributed by atoms with Gasteiger partial charge >= 0.3 is 0 Å². The molecule has 0 fully saturated rings. The average molecular weight is 274 g/mol. The van der Waals surface area contributed by atoms with Crippen molar-refractivity contribution < 1.29 is 4.79 Å². The van der Waals surface area contributed by atoms with Gasteiger partial charge in [-0.15, -0.1) is 11.3 Å². The van der Waals surface area contributed by atoms with Gasteiger partial charge in [-0.05, 0) is 6.07 Å². The summed E-state index contributed by atoms with van der Waals surface area (Å²) in [7, 11) is 1.89. The minimum Gasteiger partial charge on any atom is -0.345 e. The van der Waals surface area contributed by atoms with E-state index < -0.39 is 0 Å². The number of hydrogen-bond donors (Lipinski definition) is 2. The van der Waals surface area contributed by atoms with E-state index in [9.17, 15) is 4.79 Å². The topological polar surface area (TPSA) is 72.9 Å². The maximum atomic E-state index is 11.9. The van der Waals surface area contributed by atoms with E-state index in [1.165, 1.54) is 11.3 Å². The molecule has 5 nitrogen and oxygen atoms in total. The summed E-state index contributed by atoms with van der Waals surface area (Å²) in [5.41, 5.74) is 5.91. The Bertz CT molecular complexity index is 632. The molecule has 3 N–H and O–H groups in total. The zero-order chi connectivity index (χ0) is 13.7. The Labute approximate surface area is 115 Å². The van der Waals surface area contributed by atoms with E-state index in [1.54, 1.807) is 17.6 Å². The number of carbonyl (C=O) groups excluding carboxylic acids is 1. The highest BCUT2D eigenvalue weighted by Crippen LogP contribution is 2.13. The molecule has 2 aromatic rings. The zero-order valence-electron chi connectivity index (χ0n) is 10.5. The van der Waals surface area contributed by atoms with E-state index in [4.69, 9.17) is 5.73 Å². The maximum absolute atomic E-state index is 11.9. The van der Waals surface area contributed by atoms with E-state index in [0.717, 1.165) is 10.7 Å². The van der Waals surface area contributed by atoms with Gasteiger partial charge < -0.3 is 15.6 Å².